The average molecular weight is 367 g/mol. The number of carbonyl (C=O) groups excluding carboxylic acids is 1. The summed E-state index contributed by atoms with van der Waals surface area (Å²) < 4.78 is 27.4. The van der Waals surface area contributed by atoms with Gasteiger partial charge in [-0.25, -0.2) is 8.42 Å². The fourth-order valence-electron chi connectivity index (χ4n) is 2.23. The molecule has 0 aliphatic heterocycles. The molecule has 24 heavy (non-hydrogen) atoms. The second-order valence-electron chi connectivity index (χ2n) is 5.92. The molecule has 1 amide bonds. The second-order valence-corrected chi connectivity index (χ2v) is 8.81. The number of aryl methyl sites for hydroxylation is 1. The van der Waals surface area contributed by atoms with Crippen molar-refractivity contribution in [1.82, 2.24) is 10.0 Å². The first-order chi connectivity index (χ1) is 11.3. The van der Waals surface area contributed by atoms with Crippen LogP contribution in [0.15, 0.2) is 46.0 Å². The maximum Gasteiger partial charge on any atom is 0.250 e. The third-order valence-electron chi connectivity index (χ3n) is 3.71. The Bertz CT molecular complexity index is 784. The summed E-state index contributed by atoms with van der Waals surface area (Å²) in [4.78, 5) is 12.5. The molecule has 2 rings (SSSR count). The van der Waals surface area contributed by atoms with E-state index in [9.17, 15) is 13.2 Å². The molecule has 2 aromatic rings. The van der Waals surface area contributed by atoms with Crippen molar-refractivity contribution in [2.24, 2.45) is 5.92 Å². The smallest absolute Gasteiger partial charge is 0.250 e. The molecule has 0 saturated carbocycles. The highest BCUT2D eigenvalue weighted by atomic mass is 32.2. The van der Waals surface area contributed by atoms with Crippen molar-refractivity contribution in [1.29, 1.82) is 0 Å². The van der Waals surface area contributed by atoms with Crippen molar-refractivity contribution >= 4 is 27.3 Å². The largest absolute Gasteiger partial charge is 0.351 e. The van der Waals surface area contributed by atoms with E-state index >= 15 is 0 Å². The van der Waals surface area contributed by atoms with Gasteiger partial charge in [-0.3, -0.25) is 4.79 Å². The number of carbonyl (C=O) groups is 1. The molecule has 0 spiro atoms. The second kappa shape index (κ2) is 7.92. The van der Waals surface area contributed by atoms with E-state index in [2.05, 4.69) is 10.0 Å². The third-order valence-corrected chi connectivity index (χ3v) is 6.54. The Morgan fingerprint density at radius 1 is 1.17 bits per heavy atom. The Balaban J connectivity index is 2.07. The molecular formula is C17H22N2O3S2. The van der Waals surface area contributed by atoms with E-state index in [1.165, 1.54) is 6.07 Å². The van der Waals surface area contributed by atoms with Gasteiger partial charge in [0.15, 0.2) is 0 Å². The van der Waals surface area contributed by atoms with Gasteiger partial charge in [0, 0.05) is 6.54 Å². The molecule has 5 nitrogen and oxygen atoms in total. The monoisotopic (exact) mass is 366 g/mol. The zero-order valence-corrected chi connectivity index (χ0v) is 15.6. The summed E-state index contributed by atoms with van der Waals surface area (Å²) in [6, 6.07) is 10.1. The van der Waals surface area contributed by atoms with E-state index in [-0.39, 0.29) is 16.0 Å². The highest BCUT2D eigenvalue weighted by Crippen LogP contribution is 2.17. The first-order valence-electron chi connectivity index (χ1n) is 7.69. The maximum absolute atomic E-state index is 12.5. The Kier molecular flexibility index (Phi) is 6.15. The molecule has 0 radical (unpaired) electrons. The zero-order chi connectivity index (χ0) is 17.7. The number of thiophene rings is 1. The van der Waals surface area contributed by atoms with Gasteiger partial charge in [-0.2, -0.15) is 4.72 Å². The minimum absolute atomic E-state index is 0.170. The molecule has 0 bridgehead atoms. The van der Waals surface area contributed by atoms with Crippen molar-refractivity contribution in [3.8, 4) is 0 Å². The number of benzene rings is 1. The van der Waals surface area contributed by atoms with Crippen LogP contribution in [0.4, 0.5) is 0 Å². The number of hydrogen-bond acceptors (Lipinski definition) is 4. The fraction of sp³-hybridized carbons (Fsp3) is 0.353. The normalized spacial score (nSPS) is 13.0. The minimum atomic E-state index is -3.69. The van der Waals surface area contributed by atoms with Crippen LogP contribution in [0, 0.1) is 12.8 Å². The molecule has 0 unspecified atom stereocenters. The van der Waals surface area contributed by atoms with Crippen molar-refractivity contribution in [3.05, 3.63) is 52.9 Å². The van der Waals surface area contributed by atoms with Gasteiger partial charge in [0.05, 0.1) is 0 Å². The molecule has 7 heteroatoms. The lowest BCUT2D eigenvalue weighted by Crippen LogP contribution is -2.49. The molecule has 0 aliphatic rings. The molecule has 130 valence electrons. The van der Waals surface area contributed by atoms with E-state index in [0.717, 1.165) is 22.5 Å². The van der Waals surface area contributed by atoms with Gasteiger partial charge in [0.25, 0.3) is 10.0 Å². The van der Waals surface area contributed by atoms with Gasteiger partial charge in [0.1, 0.15) is 10.3 Å². The summed E-state index contributed by atoms with van der Waals surface area (Å²) in [5, 5.41) is 4.52. The van der Waals surface area contributed by atoms with E-state index in [1.807, 2.05) is 45.0 Å². The van der Waals surface area contributed by atoms with E-state index in [4.69, 9.17) is 0 Å². The van der Waals surface area contributed by atoms with Crippen LogP contribution in [0.3, 0.4) is 0 Å². The molecular weight excluding hydrogens is 344 g/mol. The number of hydrogen-bond donors (Lipinski definition) is 2. The molecule has 0 aliphatic carbocycles. The number of sulfonamides is 1. The third kappa shape index (κ3) is 4.66. The number of nitrogens with one attached hydrogen (secondary N) is 2. The molecule has 2 N–H and O–H groups in total. The van der Waals surface area contributed by atoms with Crippen LogP contribution in [0.2, 0.25) is 0 Å². The molecule has 1 atom stereocenters. The van der Waals surface area contributed by atoms with E-state index in [0.29, 0.717) is 6.54 Å². The lowest BCUT2D eigenvalue weighted by molar-refractivity contribution is -0.123. The van der Waals surface area contributed by atoms with Crippen LogP contribution in [-0.2, 0) is 21.4 Å². The number of rotatable bonds is 7. The van der Waals surface area contributed by atoms with Crippen molar-refractivity contribution in [2.45, 2.75) is 37.6 Å². The summed E-state index contributed by atoms with van der Waals surface area (Å²) in [5.41, 5.74) is 2.09. The molecule has 0 saturated heterocycles. The Morgan fingerprint density at radius 3 is 2.46 bits per heavy atom. The summed E-state index contributed by atoms with van der Waals surface area (Å²) in [6.45, 7) is 5.97. The predicted molar refractivity (Wildman–Crippen MR) is 96.3 cm³/mol. The van der Waals surface area contributed by atoms with E-state index in [1.54, 1.807) is 11.4 Å². The van der Waals surface area contributed by atoms with Gasteiger partial charge in [-0.1, -0.05) is 44.2 Å². The molecule has 0 fully saturated rings. The molecule has 1 aromatic heterocycles. The minimum Gasteiger partial charge on any atom is -0.351 e. The van der Waals surface area contributed by atoms with Crippen molar-refractivity contribution in [2.75, 3.05) is 0 Å². The van der Waals surface area contributed by atoms with Crippen LogP contribution >= 0.6 is 11.3 Å². The number of amides is 1. The van der Waals surface area contributed by atoms with Crippen LogP contribution in [0.1, 0.15) is 25.0 Å². The standard InChI is InChI=1S/C17H22N2O3S2/c1-12(2)16(19-24(21,22)15-9-6-10-23-15)17(20)18-11-14-8-5-4-7-13(14)3/h4-10,12,16,19H,11H2,1-3H3,(H,18,20)/t16-/m0/s1. The Labute approximate surface area is 147 Å². The van der Waals surface area contributed by atoms with Gasteiger partial charge < -0.3 is 5.32 Å². The van der Waals surface area contributed by atoms with Crippen LogP contribution in [0.25, 0.3) is 0 Å². The lowest BCUT2D eigenvalue weighted by Gasteiger charge is -2.21. The van der Waals surface area contributed by atoms with Crippen molar-refractivity contribution < 1.29 is 13.2 Å². The summed E-state index contributed by atoms with van der Waals surface area (Å²) in [7, 11) is -3.69. The predicted octanol–water partition coefficient (Wildman–Crippen LogP) is 2.68. The van der Waals surface area contributed by atoms with Gasteiger partial charge >= 0.3 is 0 Å². The van der Waals surface area contributed by atoms with Gasteiger partial charge in [0.2, 0.25) is 5.91 Å². The quantitative estimate of drug-likeness (QED) is 0.791. The maximum atomic E-state index is 12.5. The SMILES string of the molecule is Cc1ccccc1CNC(=O)[C@@H](NS(=O)(=O)c1cccs1)C(C)C. The zero-order valence-electron chi connectivity index (χ0n) is 13.9. The summed E-state index contributed by atoms with van der Waals surface area (Å²) >= 11 is 1.13. The van der Waals surface area contributed by atoms with Gasteiger partial charge in [-0.05, 0) is 35.4 Å². The first-order valence-corrected chi connectivity index (χ1v) is 10.1. The van der Waals surface area contributed by atoms with Crippen LogP contribution in [-0.4, -0.2) is 20.4 Å². The summed E-state index contributed by atoms with van der Waals surface area (Å²) in [5.74, 6) is -0.495. The summed E-state index contributed by atoms with van der Waals surface area (Å²) in [6.07, 6.45) is 0. The van der Waals surface area contributed by atoms with Gasteiger partial charge in [-0.15, -0.1) is 11.3 Å². The highest BCUT2D eigenvalue weighted by molar-refractivity contribution is 7.91. The van der Waals surface area contributed by atoms with Crippen molar-refractivity contribution in [3.63, 3.8) is 0 Å². The van der Waals surface area contributed by atoms with Crippen LogP contribution in [0.5, 0.6) is 0 Å². The molecule has 1 heterocycles. The first kappa shape index (κ1) is 18.6. The van der Waals surface area contributed by atoms with E-state index < -0.39 is 16.1 Å². The fourth-order valence-corrected chi connectivity index (χ4v) is 4.59. The Morgan fingerprint density at radius 2 is 1.88 bits per heavy atom. The molecule has 1 aromatic carbocycles. The topological polar surface area (TPSA) is 75.3 Å². The van der Waals surface area contributed by atoms with Crippen LogP contribution < -0.4 is 10.0 Å². The highest BCUT2D eigenvalue weighted by Gasteiger charge is 2.28. The Hall–Kier alpha value is -1.70. The average Bonchev–Trinajstić information content (AvgIpc) is 3.06. The lowest BCUT2D eigenvalue weighted by atomic mass is 10.0.